The van der Waals surface area contributed by atoms with Gasteiger partial charge in [-0.3, -0.25) is 9.78 Å². The minimum atomic E-state index is -0.264. The summed E-state index contributed by atoms with van der Waals surface area (Å²) in [5, 5.41) is 0. The summed E-state index contributed by atoms with van der Waals surface area (Å²) >= 11 is 0. The Labute approximate surface area is 76.7 Å². The van der Waals surface area contributed by atoms with Gasteiger partial charge in [-0.05, 0) is 6.42 Å². The minimum Gasteiger partial charge on any atom is -0.424 e. The van der Waals surface area contributed by atoms with Crippen LogP contribution >= 0.6 is 0 Å². The highest BCUT2D eigenvalue weighted by Crippen LogP contribution is 2.18. The molecule has 4 nitrogen and oxygen atoms in total. The molecule has 70 valence electrons. The van der Waals surface area contributed by atoms with Crippen LogP contribution in [-0.2, 0) is 4.79 Å². The normalized spacial score (nSPS) is 9.62. The number of pyridine rings is 1. The minimum absolute atomic E-state index is 0.264. The number of nitrogens with zero attached hydrogens (tertiary/aromatic N) is 1. The predicted octanol–water partition coefficient (Wildman–Crippen LogP) is 1.37. The molecule has 2 N–H and O–H groups in total. The molecule has 0 aromatic carbocycles. The number of ether oxygens (including phenoxy) is 1. The lowest BCUT2D eigenvalue weighted by molar-refractivity contribution is -0.134. The van der Waals surface area contributed by atoms with E-state index in [-0.39, 0.29) is 5.97 Å². The van der Waals surface area contributed by atoms with E-state index in [1.807, 2.05) is 6.92 Å². The van der Waals surface area contributed by atoms with E-state index in [4.69, 9.17) is 10.5 Å². The summed E-state index contributed by atoms with van der Waals surface area (Å²) in [5.41, 5.74) is 5.91. The molecule has 0 aliphatic carbocycles. The van der Waals surface area contributed by atoms with Crippen molar-refractivity contribution in [2.24, 2.45) is 0 Å². The van der Waals surface area contributed by atoms with Crippen molar-refractivity contribution < 1.29 is 9.53 Å². The number of rotatable bonds is 3. The first-order valence-corrected chi connectivity index (χ1v) is 4.14. The first-order chi connectivity index (χ1) is 6.24. The van der Waals surface area contributed by atoms with Crippen LogP contribution < -0.4 is 10.5 Å². The van der Waals surface area contributed by atoms with Crippen LogP contribution in [0, 0.1) is 0 Å². The topological polar surface area (TPSA) is 65.2 Å². The molecule has 0 radical (unpaired) electrons. The van der Waals surface area contributed by atoms with Crippen molar-refractivity contribution in [3.05, 3.63) is 18.5 Å². The number of aromatic nitrogens is 1. The van der Waals surface area contributed by atoms with E-state index in [2.05, 4.69) is 4.98 Å². The third kappa shape index (κ3) is 2.74. The van der Waals surface area contributed by atoms with Crippen molar-refractivity contribution in [1.29, 1.82) is 0 Å². The molecule has 0 amide bonds. The Kier molecular flexibility index (Phi) is 3.25. The molecule has 0 aliphatic rings. The van der Waals surface area contributed by atoms with Gasteiger partial charge in [-0.25, -0.2) is 0 Å². The SMILES string of the molecule is CCCC(=O)Oc1ccncc1N. The zero-order valence-electron chi connectivity index (χ0n) is 7.49. The molecule has 1 aromatic heterocycles. The van der Waals surface area contributed by atoms with Gasteiger partial charge < -0.3 is 10.5 Å². The molecule has 1 rings (SSSR count). The Hall–Kier alpha value is -1.58. The smallest absolute Gasteiger partial charge is 0.311 e. The van der Waals surface area contributed by atoms with Gasteiger partial charge >= 0.3 is 5.97 Å². The van der Waals surface area contributed by atoms with Gasteiger partial charge in [0.25, 0.3) is 0 Å². The van der Waals surface area contributed by atoms with Gasteiger partial charge in [0.2, 0.25) is 0 Å². The van der Waals surface area contributed by atoms with Crippen LogP contribution in [0.2, 0.25) is 0 Å². The third-order valence-electron chi connectivity index (χ3n) is 1.49. The van der Waals surface area contributed by atoms with E-state index < -0.39 is 0 Å². The van der Waals surface area contributed by atoms with Gasteiger partial charge in [0.15, 0.2) is 5.75 Å². The van der Waals surface area contributed by atoms with Gasteiger partial charge in [-0.1, -0.05) is 6.92 Å². The number of hydrogen-bond acceptors (Lipinski definition) is 4. The second-order valence-corrected chi connectivity index (χ2v) is 2.64. The summed E-state index contributed by atoms with van der Waals surface area (Å²) in [5.74, 6) is 0.119. The van der Waals surface area contributed by atoms with E-state index in [0.717, 1.165) is 6.42 Å². The molecule has 0 unspecified atom stereocenters. The van der Waals surface area contributed by atoms with E-state index in [1.54, 1.807) is 6.07 Å². The van der Waals surface area contributed by atoms with Gasteiger partial charge in [0, 0.05) is 18.7 Å². The maximum absolute atomic E-state index is 11.1. The lowest BCUT2D eigenvalue weighted by atomic mass is 10.3. The van der Waals surface area contributed by atoms with Crippen LogP contribution in [0.15, 0.2) is 18.5 Å². The van der Waals surface area contributed by atoms with Crippen molar-refractivity contribution in [2.45, 2.75) is 19.8 Å². The molecule has 4 heteroatoms. The number of nitrogens with two attached hydrogens (primary N) is 1. The summed E-state index contributed by atoms with van der Waals surface area (Å²) in [6.45, 7) is 1.91. The van der Waals surface area contributed by atoms with Gasteiger partial charge in [-0.15, -0.1) is 0 Å². The zero-order valence-corrected chi connectivity index (χ0v) is 7.49. The summed E-state index contributed by atoms with van der Waals surface area (Å²) in [6.07, 6.45) is 4.16. The van der Waals surface area contributed by atoms with Gasteiger partial charge in [-0.2, -0.15) is 0 Å². The zero-order chi connectivity index (χ0) is 9.68. The van der Waals surface area contributed by atoms with Crippen molar-refractivity contribution >= 4 is 11.7 Å². The third-order valence-corrected chi connectivity index (χ3v) is 1.49. The van der Waals surface area contributed by atoms with Gasteiger partial charge in [0.05, 0.1) is 11.9 Å². The molecule has 1 heterocycles. The van der Waals surface area contributed by atoms with Crippen LogP contribution in [0.3, 0.4) is 0 Å². The molecule has 0 saturated carbocycles. The van der Waals surface area contributed by atoms with E-state index >= 15 is 0 Å². The summed E-state index contributed by atoms with van der Waals surface area (Å²) in [4.78, 5) is 14.8. The standard InChI is InChI=1S/C9H12N2O2/c1-2-3-9(12)13-8-4-5-11-6-7(8)10/h4-6H,2-3,10H2,1H3. The second-order valence-electron chi connectivity index (χ2n) is 2.64. The number of hydrogen-bond donors (Lipinski definition) is 1. The van der Waals surface area contributed by atoms with Gasteiger partial charge in [0.1, 0.15) is 0 Å². The molecule has 0 fully saturated rings. The largest absolute Gasteiger partial charge is 0.424 e. The fraction of sp³-hybridized carbons (Fsp3) is 0.333. The Bertz CT molecular complexity index is 299. The Balaban J connectivity index is 2.63. The predicted molar refractivity (Wildman–Crippen MR) is 49.2 cm³/mol. The quantitative estimate of drug-likeness (QED) is 0.713. The molecule has 0 bridgehead atoms. The number of nitrogen functional groups attached to an aromatic ring is 1. The van der Waals surface area contributed by atoms with Crippen molar-refractivity contribution in [3.63, 3.8) is 0 Å². The van der Waals surface area contributed by atoms with Crippen LogP contribution in [0.5, 0.6) is 5.75 Å². The molecule has 0 aliphatic heterocycles. The maximum Gasteiger partial charge on any atom is 0.311 e. The fourth-order valence-electron chi connectivity index (χ4n) is 0.865. The molecule has 0 atom stereocenters. The van der Waals surface area contributed by atoms with Crippen LogP contribution in [0.25, 0.3) is 0 Å². The number of anilines is 1. The Morgan fingerprint density at radius 3 is 3.08 bits per heavy atom. The van der Waals surface area contributed by atoms with E-state index in [9.17, 15) is 4.79 Å². The maximum atomic E-state index is 11.1. The van der Waals surface area contributed by atoms with Crippen molar-refractivity contribution in [2.75, 3.05) is 5.73 Å². The highest BCUT2D eigenvalue weighted by atomic mass is 16.5. The molecular weight excluding hydrogens is 168 g/mol. The molecular formula is C9H12N2O2. The lowest BCUT2D eigenvalue weighted by Gasteiger charge is -2.04. The molecule has 0 spiro atoms. The first kappa shape index (κ1) is 9.51. The molecule has 1 aromatic rings. The molecule has 13 heavy (non-hydrogen) atoms. The van der Waals surface area contributed by atoms with Crippen LogP contribution in [-0.4, -0.2) is 11.0 Å². The lowest BCUT2D eigenvalue weighted by Crippen LogP contribution is -2.08. The Morgan fingerprint density at radius 1 is 1.69 bits per heavy atom. The average Bonchev–Trinajstić information content (AvgIpc) is 2.09. The first-order valence-electron chi connectivity index (χ1n) is 4.14. The van der Waals surface area contributed by atoms with Crippen molar-refractivity contribution in [1.82, 2.24) is 4.98 Å². The van der Waals surface area contributed by atoms with E-state index in [1.165, 1.54) is 12.4 Å². The number of carbonyl (C=O) groups is 1. The molecule has 0 saturated heterocycles. The highest BCUT2D eigenvalue weighted by molar-refractivity contribution is 5.74. The van der Waals surface area contributed by atoms with Crippen molar-refractivity contribution in [3.8, 4) is 5.75 Å². The summed E-state index contributed by atoms with van der Waals surface area (Å²) < 4.78 is 4.98. The summed E-state index contributed by atoms with van der Waals surface area (Å²) in [7, 11) is 0. The number of esters is 1. The van der Waals surface area contributed by atoms with Crippen LogP contribution in [0.4, 0.5) is 5.69 Å². The fourth-order valence-corrected chi connectivity index (χ4v) is 0.865. The monoisotopic (exact) mass is 180 g/mol. The Morgan fingerprint density at radius 2 is 2.46 bits per heavy atom. The highest BCUT2D eigenvalue weighted by Gasteiger charge is 2.05. The average molecular weight is 180 g/mol. The summed E-state index contributed by atoms with van der Waals surface area (Å²) in [6, 6.07) is 1.57. The van der Waals surface area contributed by atoms with E-state index in [0.29, 0.717) is 17.9 Å². The number of carbonyl (C=O) groups excluding carboxylic acids is 1. The van der Waals surface area contributed by atoms with Crippen LogP contribution in [0.1, 0.15) is 19.8 Å². The second kappa shape index (κ2) is 4.45.